The van der Waals surface area contributed by atoms with Crippen molar-refractivity contribution in [1.29, 1.82) is 0 Å². The summed E-state index contributed by atoms with van der Waals surface area (Å²) in [6.45, 7) is 3.39. The van der Waals surface area contributed by atoms with Gasteiger partial charge in [-0.05, 0) is 66.4 Å². The lowest BCUT2D eigenvalue weighted by atomic mass is 9.77. The summed E-state index contributed by atoms with van der Waals surface area (Å²) in [5, 5.41) is 5.38. The van der Waals surface area contributed by atoms with Gasteiger partial charge >= 0.3 is 18.6 Å². The lowest BCUT2D eigenvalue weighted by Gasteiger charge is -2.37. The highest BCUT2D eigenvalue weighted by molar-refractivity contribution is 5.89. The fraction of sp³-hybridized carbons (Fsp3) is 0.188. The molecule has 0 fully saturated rings. The van der Waals surface area contributed by atoms with Gasteiger partial charge in [0.15, 0.2) is 0 Å². The molecule has 0 aliphatic rings. The second-order valence-corrected chi connectivity index (χ2v) is 9.72. The summed E-state index contributed by atoms with van der Waals surface area (Å²) in [6, 6.07) is 16.5. The first kappa shape index (κ1) is 31.0. The Morgan fingerprint density at radius 3 is 2.23 bits per heavy atom. The monoisotopic (exact) mass is 597 g/mol. The van der Waals surface area contributed by atoms with Gasteiger partial charge in [-0.15, -0.1) is 6.42 Å². The topological polar surface area (TPSA) is 63.2 Å². The summed E-state index contributed by atoms with van der Waals surface area (Å²) in [5.74, 6) is -0.00490. The van der Waals surface area contributed by atoms with Crippen molar-refractivity contribution in [2.75, 3.05) is 5.32 Å². The van der Waals surface area contributed by atoms with Crippen LogP contribution in [0.3, 0.4) is 0 Å². The van der Waals surface area contributed by atoms with Gasteiger partial charge in [0.2, 0.25) is 0 Å². The van der Waals surface area contributed by atoms with E-state index >= 15 is 0 Å². The fourth-order valence-corrected chi connectivity index (χ4v) is 4.72. The van der Waals surface area contributed by atoms with Crippen LogP contribution in [0.1, 0.15) is 33.5 Å². The van der Waals surface area contributed by atoms with E-state index in [0.717, 1.165) is 24.3 Å². The molecule has 0 saturated heterocycles. The van der Waals surface area contributed by atoms with Crippen LogP contribution in [0.4, 0.5) is 37.0 Å². The van der Waals surface area contributed by atoms with Crippen LogP contribution in [0, 0.1) is 37.8 Å². The lowest BCUT2D eigenvalue weighted by Crippen LogP contribution is -2.50. The number of nitrogens with one attached hydrogen (secondary N) is 2. The van der Waals surface area contributed by atoms with Gasteiger partial charge in [0, 0.05) is 18.1 Å². The molecule has 43 heavy (non-hydrogen) atoms. The molecule has 1 heterocycles. The molecule has 1 atom stereocenters. The Kier molecular flexibility index (Phi) is 8.99. The highest BCUT2D eigenvalue weighted by atomic mass is 19.3. The van der Waals surface area contributed by atoms with Gasteiger partial charge in [0.25, 0.3) is 0 Å². The summed E-state index contributed by atoms with van der Waals surface area (Å²) in [5.41, 5.74) is 0.560. The average molecular weight is 598 g/mol. The standard InChI is InChI=1S/C32H25F6N3O2/c1-4-27-19(2)14-28(39-20(27)3)40-30(42)41-31(18-21-8-6-5-7-9-21,22-10-12-24(33)13-11-22)23-15-25(34)17-26(16-23)43-32(37,38)29(35)36/h1,5-17,29H,18H2,2-3H3,(H2,39,40,41,42)/t31-/m1/s1. The van der Waals surface area contributed by atoms with E-state index in [9.17, 15) is 31.1 Å². The van der Waals surface area contributed by atoms with E-state index < -0.39 is 41.5 Å². The number of hydrogen-bond acceptors (Lipinski definition) is 3. The maximum absolute atomic E-state index is 15.0. The van der Waals surface area contributed by atoms with Crippen LogP contribution >= 0.6 is 0 Å². The number of aryl methyl sites for hydroxylation is 2. The Bertz CT molecular complexity index is 1630. The number of nitrogens with zero attached hydrogens (tertiary/aromatic N) is 1. The number of urea groups is 1. The van der Waals surface area contributed by atoms with Gasteiger partial charge in [-0.1, -0.05) is 48.4 Å². The van der Waals surface area contributed by atoms with Crippen LogP contribution in [0.5, 0.6) is 5.75 Å². The van der Waals surface area contributed by atoms with E-state index in [0.29, 0.717) is 28.5 Å². The Morgan fingerprint density at radius 1 is 0.953 bits per heavy atom. The molecule has 0 spiro atoms. The second-order valence-electron chi connectivity index (χ2n) is 9.72. The molecule has 5 nitrogen and oxygen atoms in total. The number of halogens is 6. The normalized spacial score (nSPS) is 12.7. The van der Waals surface area contributed by atoms with Crippen LogP contribution in [0.15, 0.2) is 78.9 Å². The second kappa shape index (κ2) is 12.5. The van der Waals surface area contributed by atoms with Gasteiger partial charge < -0.3 is 10.1 Å². The summed E-state index contributed by atoms with van der Waals surface area (Å²) in [7, 11) is 0. The molecular formula is C32H25F6N3O2. The number of benzene rings is 3. The molecule has 0 aliphatic carbocycles. The Labute approximate surface area is 243 Å². The molecule has 11 heteroatoms. The predicted octanol–water partition coefficient (Wildman–Crippen LogP) is 7.50. The van der Waals surface area contributed by atoms with Crippen molar-refractivity contribution in [3.05, 3.63) is 124 Å². The zero-order valence-corrected chi connectivity index (χ0v) is 22.9. The third-order valence-corrected chi connectivity index (χ3v) is 6.63. The molecule has 0 saturated carbocycles. The van der Waals surface area contributed by atoms with Gasteiger partial charge in [-0.25, -0.2) is 18.6 Å². The number of alkyl halides is 4. The van der Waals surface area contributed by atoms with Crippen molar-refractivity contribution >= 4 is 11.8 Å². The number of hydrogen-bond donors (Lipinski definition) is 2. The summed E-state index contributed by atoms with van der Waals surface area (Å²) < 4.78 is 86.7. The van der Waals surface area contributed by atoms with E-state index in [1.165, 1.54) is 12.1 Å². The minimum atomic E-state index is -4.93. The number of carbonyl (C=O) groups is 1. The SMILES string of the molecule is C#Cc1c(C)cc(NC(=O)N[C@](Cc2ccccc2)(c2ccc(F)cc2)c2cc(F)cc(OC(F)(F)C(F)F)c2)nc1C. The number of pyridine rings is 1. The molecule has 3 aromatic carbocycles. The zero-order valence-electron chi connectivity index (χ0n) is 22.9. The van der Waals surface area contributed by atoms with Gasteiger partial charge in [0.1, 0.15) is 23.2 Å². The minimum absolute atomic E-state index is 0.109. The van der Waals surface area contributed by atoms with E-state index in [2.05, 4.69) is 26.3 Å². The minimum Gasteiger partial charge on any atom is -0.428 e. The van der Waals surface area contributed by atoms with E-state index in [-0.39, 0.29) is 23.4 Å². The predicted molar refractivity (Wildman–Crippen MR) is 149 cm³/mol. The van der Waals surface area contributed by atoms with Crippen molar-refractivity contribution in [2.45, 2.75) is 38.3 Å². The number of ether oxygens (including phenoxy) is 1. The number of carbonyl (C=O) groups excluding carboxylic acids is 1. The maximum Gasteiger partial charge on any atom is 0.461 e. The highest BCUT2D eigenvalue weighted by Crippen LogP contribution is 2.38. The molecule has 0 radical (unpaired) electrons. The van der Waals surface area contributed by atoms with Gasteiger partial charge in [-0.3, -0.25) is 5.32 Å². The van der Waals surface area contributed by atoms with Crippen molar-refractivity contribution in [3.63, 3.8) is 0 Å². The first-order valence-corrected chi connectivity index (χ1v) is 12.8. The molecule has 0 aliphatic heterocycles. The summed E-state index contributed by atoms with van der Waals surface area (Å²) in [6.07, 6.45) is -3.71. The van der Waals surface area contributed by atoms with Crippen LogP contribution in [0.2, 0.25) is 0 Å². The molecule has 1 aromatic heterocycles. The molecule has 4 aromatic rings. The average Bonchev–Trinajstić information content (AvgIpc) is 2.93. The van der Waals surface area contributed by atoms with E-state index in [1.807, 2.05) is 0 Å². The summed E-state index contributed by atoms with van der Waals surface area (Å²) >= 11 is 0. The number of rotatable bonds is 9. The van der Waals surface area contributed by atoms with Crippen LogP contribution < -0.4 is 15.4 Å². The Hall–Kier alpha value is -4.98. The third-order valence-electron chi connectivity index (χ3n) is 6.63. The first-order valence-electron chi connectivity index (χ1n) is 12.8. The fourth-order valence-electron chi connectivity index (χ4n) is 4.72. The molecule has 222 valence electrons. The number of anilines is 1. The largest absolute Gasteiger partial charge is 0.461 e. The van der Waals surface area contributed by atoms with E-state index in [1.54, 1.807) is 50.2 Å². The van der Waals surface area contributed by atoms with Crippen LogP contribution in [-0.4, -0.2) is 23.5 Å². The highest BCUT2D eigenvalue weighted by Gasteiger charge is 2.45. The van der Waals surface area contributed by atoms with Gasteiger partial charge in [-0.2, -0.15) is 17.6 Å². The Morgan fingerprint density at radius 2 is 1.63 bits per heavy atom. The van der Waals surface area contributed by atoms with Crippen molar-refractivity contribution < 1.29 is 35.9 Å². The molecular weight excluding hydrogens is 572 g/mol. The maximum atomic E-state index is 15.0. The smallest absolute Gasteiger partial charge is 0.428 e. The Balaban J connectivity index is 1.88. The molecule has 0 unspecified atom stereocenters. The van der Waals surface area contributed by atoms with Crippen molar-refractivity contribution in [2.24, 2.45) is 0 Å². The quantitative estimate of drug-likeness (QED) is 0.155. The molecule has 2 amide bonds. The first-order chi connectivity index (χ1) is 20.3. The van der Waals surface area contributed by atoms with Crippen molar-refractivity contribution in [1.82, 2.24) is 10.3 Å². The molecule has 2 N–H and O–H groups in total. The van der Waals surface area contributed by atoms with Crippen LogP contribution in [-0.2, 0) is 12.0 Å². The van der Waals surface area contributed by atoms with Crippen LogP contribution in [0.25, 0.3) is 0 Å². The zero-order chi connectivity index (χ0) is 31.4. The third kappa shape index (κ3) is 7.09. The van der Waals surface area contributed by atoms with Gasteiger partial charge in [0.05, 0.1) is 11.2 Å². The molecule has 4 rings (SSSR count). The van der Waals surface area contributed by atoms with E-state index in [4.69, 9.17) is 6.42 Å². The summed E-state index contributed by atoms with van der Waals surface area (Å²) in [4.78, 5) is 17.9. The molecule has 0 bridgehead atoms. The number of amides is 2. The lowest BCUT2D eigenvalue weighted by molar-refractivity contribution is -0.253. The number of aromatic nitrogens is 1. The number of terminal acetylenes is 1. The van der Waals surface area contributed by atoms with Crippen molar-refractivity contribution in [3.8, 4) is 18.1 Å².